The Morgan fingerprint density at radius 1 is 1.36 bits per heavy atom. The maximum Gasteiger partial charge on any atom is 0.330 e. The maximum absolute atomic E-state index is 12.9. The topological polar surface area (TPSA) is 146 Å². The van der Waals surface area contributed by atoms with Crippen molar-refractivity contribution in [1.29, 1.82) is 0 Å². The third kappa shape index (κ3) is 6.78. The quantitative estimate of drug-likeness (QED) is 0.312. The molecule has 0 bridgehead atoms. The molecule has 33 heavy (non-hydrogen) atoms. The second kappa shape index (κ2) is 12.0. The van der Waals surface area contributed by atoms with Gasteiger partial charge in [-0.1, -0.05) is 43.6 Å². The highest BCUT2D eigenvalue weighted by Crippen LogP contribution is 2.31. The van der Waals surface area contributed by atoms with Crippen LogP contribution in [-0.4, -0.2) is 51.6 Å². The first kappa shape index (κ1) is 27.3. The van der Waals surface area contributed by atoms with Gasteiger partial charge >= 0.3 is 11.7 Å². The number of halogens is 2. The number of carbonyl (C=O) groups is 2. The van der Waals surface area contributed by atoms with Crippen molar-refractivity contribution in [3.63, 3.8) is 0 Å². The number of rotatable bonds is 9. The molecule has 0 saturated carbocycles. The van der Waals surface area contributed by atoms with E-state index < -0.39 is 53.6 Å². The van der Waals surface area contributed by atoms with Gasteiger partial charge < -0.3 is 20.5 Å². The molecular weight excluding hydrogens is 520 g/mol. The van der Waals surface area contributed by atoms with Gasteiger partial charge in [0.05, 0.1) is 17.5 Å². The van der Waals surface area contributed by atoms with Crippen LogP contribution < -0.4 is 22.3 Å². The van der Waals surface area contributed by atoms with E-state index in [1.165, 1.54) is 21.8 Å². The van der Waals surface area contributed by atoms with Crippen LogP contribution in [0.5, 0.6) is 0 Å². The van der Waals surface area contributed by atoms with E-state index in [4.69, 9.17) is 26.8 Å². The summed E-state index contributed by atoms with van der Waals surface area (Å²) in [7, 11) is 0. The van der Waals surface area contributed by atoms with Crippen LogP contribution in [0.1, 0.15) is 45.9 Å². The van der Waals surface area contributed by atoms with Gasteiger partial charge in [-0.2, -0.15) is 0 Å². The lowest BCUT2D eigenvalue weighted by Crippen LogP contribution is -2.53. The smallest absolute Gasteiger partial charge is 0.330 e. The summed E-state index contributed by atoms with van der Waals surface area (Å²) in [4.78, 5) is 53.3. The number of H-pyrrole nitrogens is 1. The maximum atomic E-state index is 12.9. The van der Waals surface area contributed by atoms with E-state index in [1.807, 2.05) is 13.8 Å². The minimum atomic E-state index is -0.913. The monoisotopic (exact) mass is 548 g/mol. The average molecular weight is 550 g/mol. The number of hydrogen-bond acceptors (Lipinski definition) is 7. The lowest BCUT2D eigenvalue weighted by molar-refractivity contribution is -0.156. The van der Waals surface area contributed by atoms with Crippen LogP contribution in [0.3, 0.4) is 0 Å². The van der Waals surface area contributed by atoms with Crippen LogP contribution in [0.15, 0.2) is 20.8 Å². The zero-order valence-corrected chi connectivity index (χ0v) is 21.3. The predicted octanol–water partition coefficient (Wildman–Crippen LogP) is 1.46. The van der Waals surface area contributed by atoms with Crippen molar-refractivity contribution in [2.24, 2.45) is 17.6 Å². The van der Waals surface area contributed by atoms with Crippen LogP contribution in [-0.2, 0) is 19.1 Å². The first-order valence-corrected chi connectivity index (χ1v) is 12.0. The standard InChI is InChI=1S/C21H30BrClN4O6/c1-10(2)16(24)19(29)25-17(11(3)4)20(30)33-13-7-15(32-14(13)8-23)27-9-12(5-6-22)18(28)26-21(27)31/h5-6,9-11,13-17H,7-8,24H2,1-4H3,(H,25,29)(H,26,28,31)/b6-5+/t13-,14+,15+,16-,17-/m0/s1. The van der Waals surface area contributed by atoms with E-state index in [9.17, 15) is 19.2 Å². The van der Waals surface area contributed by atoms with Gasteiger partial charge in [-0.3, -0.25) is 19.1 Å². The lowest BCUT2D eigenvalue weighted by Gasteiger charge is -2.26. The number of nitrogens with one attached hydrogen (secondary N) is 2. The van der Waals surface area contributed by atoms with Gasteiger partial charge in [0, 0.05) is 12.6 Å². The molecular formula is C21H30BrClN4O6. The molecule has 1 aromatic rings. The number of aromatic amines is 1. The zero-order chi connectivity index (χ0) is 24.9. The molecule has 5 atom stereocenters. The van der Waals surface area contributed by atoms with Gasteiger partial charge in [-0.25, -0.2) is 9.59 Å². The molecule has 1 saturated heterocycles. The lowest BCUT2D eigenvalue weighted by atomic mass is 10.0. The van der Waals surface area contributed by atoms with Gasteiger partial charge in [0.25, 0.3) is 5.56 Å². The van der Waals surface area contributed by atoms with Crippen molar-refractivity contribution < 1.29 is 19.1 Å². The van der Waals surface area contributed by atoms with Crippen molar-refractivity contribution in [2.75, 3.05) is 5.88 Å². The second-order valence-corrected chi connectivity index (χ2v) is 9.38. The number of nitrogens with two attached hydrogens (primary N) is 1. The van der Waals surface area contributed by atoms with E-state index in [1.54, 1.807) is 13.8 Å². The molecule has 0 unspecified atom stereocenters. The Morgan fingerprint density at radius 2 is 2.03 bits per heavy atom. The van der Waals surface area contributed by atoms with Crippen LogP contribution in [0, 0.1) is 11.8 Å². The SMILES string of the molecule is CC(C)[C@H](N)C(=O)N[C@H](C(=O)O[C@H]1C[C@H](n2cc(/C=C/Br)c(=O)[nH]c2=O)O[C@@H]1CCl)C(C)C. The van der Waals surface area contributed by atoms with Crippen molar-refractivity contribution in [1.82, 2.24) is 14.9 Å². The summed E-state index contributed by atoms with van der Waals surface area (Å²) in [5.74, 6) is -1.43. The molecule has 10 nitrogen and oxygen atoms in total. The van der Waals surface area contributed by atoms with E-state index in [0.717, 1.165) is 0 Å². The molecule has 1 aliphatic heterocycles. The van der Waals surface area contributed by atoms with Crippen molar-refractivity contribution >= 4 is 45.5 Å². The van der Waals surface area contributed by atoms with Crippen LogP contribution in [0.25, 0.3) is 6.08 Å². The summed E-state index contributed by atoms with van der Waals surface area (Å²) in [6.45, 7) is 7.18. The number of nitrogens with zero attached hydrogens (tertiary/aromatic N) is 1. The Labute approximate surface area is 205 Å². The number of alkyl halides is 1. The molecule has 0 aromatic carbocycles. The second-order valence-electron chi connectivity index (χ2n) is 8.54. The highest BCUT2D eigenvalue weighted by Gasteiger charge is 2.40. The van der Waals surface area contributed by atoms with Gasteiger partial charge in [-0.05, 0) is 22.9 Å². The summed E-state index contributed by atoms with van der Waals surface area (Å²) in [5, 5.41) is 2.66. The third-order valence-electron chi connectivity index (χ3n) is 5.39. The molecule has 1 aromatic heterocycles. The molecule has 0 aliphatic carbocycles. The predicted molar refractivity (Wildman–Crippen MR) is 128 cm³/mol. The third-order valence-corrected chi connectivity index (χ3v) is 5.96. The highest BCUT2D eigenvalue weighted by atomic mass is 79.9. The fourth-order valence-electron chi connectivity index (χ4n) is 3.31. The largest absolute Gasteiger partial charge is 0.458 e. The number of aromatic nitrogens is 2. The molecule has 1 amide bonds. The van der Waals surface area contributed by atoms with Crippen LogP contribution in [0.2, 0.25) is 0 Å². The van der Waals surface area contributed by atoms with Gasteiger partial charge in [0.2, 0.25) is 5.91 Å². The molecule has 1 aliphatic rings. The number of esters is 1. The van der Waals surface area contributed by atoms with Crippen molar-refractivity contribution in [3.05, 3.63) is 37.6 Å². The summed E-state index contributed by atoms with van der Waals surface area (Å²) in [5.41, 5.74) is 4.92. The molecule has 184 valence electrons. The Kier molecular flexibility index (Phi) is 9.89. The molecule has 2 heterocycles. The average Bonchev–Trinajstić information content (AvgIpc) is 3.15. The Bertz CT molecular complexity index is 992. The number of hydrogen-bond donors (Lipinski definition) is 3. The molecule has 12 heteroatoms. The minimum Gasteiger partial charge on any atom is -0.458 e. The highest BCUT2D eigenvalue weighted by molar-refractivity contribution is 9.11. The summed E-state index contributed by atoms with van der Waals surface area (Å²) in [6.07, 6.45) is 0.736. The number of amides is 1. The Morgan fingerprint density at radius 3 is 2.58 bits per heavy atom. The normalized spacial score (nSPS) is 22.6. The number of carbonyl (C=O) groups excluding carboxylic acids is 2. The summed E-state index contributed by atoms with van der Waals surface area (Å²) < 4.78 is 12.7. The van der Waals surface area contributed by atoms with Gasteiger partial charge in [-0.15, -0.1) is 11.6 Å². The number of ether oxygens (including phenoxy) is 2. The zero-order valence-electron chi connectivity index (χ0n) is 18.9. The fraction of sp³-hybridized carbons (Fsp3) is 0.619. The summed E-state index contributed by atoms with van der Waals surface area (Å²) >= 11 is 9.12. The van der Waals surface area contributed by atoms with E-state index >= 15 is 0 Å². The van der Waals surface area contributed by atoms with Gasteiger partial charge in [0.1, 0.15) is 24.5 Å². The van der Waals surface area contributed by atoms with Gasteiger partial charge in [0.15, 0.2) is 0 Å². The van der Waals surface area contributed by atoms with E-state index in [0.29, 0.717) is 0 Å². The molecule has 1 fully saturated rings. The van der Waals surface area contributed by atoms with Crippen LogP contribution >= 0.6 is 27.5 Å². The Balaban J connectivity index is 2.19. The fourth-order valence-corrected chi connectivity index (χ4v) is 3.86. The van der Waals surface area contributed by atoms with Crippen molar-refractivity contribution in [2.45, 2.75) is 64.6 Å². The van der Waals surface area contributed by atoms with E-state index in [-0.39, 0.29) is 29.7 Å². The Hall–Kier alpha value is -1.95. The minimum absolute atomic E-state index is 0.0115. The van der Waals surface area contributed by atoms with Crippen molar-refractivity contribution in [3.8, 4) is 0 Å². The molecule has 4 N–H and O–H groups in total. The summed E-state index contributed by atoms with van der Waals surface area (Å²) in [6, 6.07) is -1.67. The molecule has 0 spiro atoms. The first-order valence-electron chi connectivity index (χ1n) is 10.6. The van der Waals surface area contributed by atoms with E-state index in [2.05, 4.69) is 26.2 Å². The first-order chi connectivity index (χ1) is 15.5. The molecule has 2 rings (SSSR count). The van der Waals surface area contributed by atoms with Crippen LogP contribution in [0.4, 0.5) is 0 Å². The molecule has 0 radical (unpaired) electrons.